The van der Waals surface area contributed by atoms with Gasteiger partial charge in [-0.25, -0.2) is 0 Å². The van der Waals surface area contributed by atoms with Crippen molar-refractivity contribution in [1.29, 1.82) is 0 Å². The number of rotatable bonds is 4. The van der Waals surface area contributed by atoms with Crippen LogP contribution in [0.4, 0.5) is 0 Å². The lowest BCUT2D eigenvalue weighted by Crippen LogP contribution is -2.34. The van der Waals surface area contributed by atoms with Crippen LogP contribution < -0.4 is 16.0 Å². The Morgan fingerprint density at radius 1 is 1.47 bits per heavy atom. The molecule has 0 saturated carbocycles. The molecule has 94 valence electrons. The molecule has 0 aliphatic carbocycles. The quantitative estimate of drug-likeness (QED) is 0.616. The van der Waals surface area contributed by atoms with E-state index in [-0.39, 0.29) is 6.04 Å². The zero-order valence-electron chi connectivity index (χ0n) is 10.3. The second-order valence-electron chi connectivity index (χ2n) is 4.53. The van der Waals surface area contributed by atoms with Gasteiger partial charge in [0.15, 0.2) is 0 Å². The number of hydrogen-bond donors (Lipinski definition) is 2. The van der Waals surface area contributed by atoms with Crippen molar-refractivity contribution in [2.75, 3.05) is 13.7 Å². The number of hydrazine groups is 1. The maximum atomic E-state index is 5.69. The fraction of sp³-hybridized carbons (Fsp3) is 0.538. The first-order valence-corrected chi connectivity index (χ1v) is 5.97. The van der Waals surface area contributed by atoms with Gasteiger partial charge in [0.25, 0.3) is 0 Å². The average molecular weight is 236 g/mol. The van der Waals surface area contributed by atoms with Crippen molar-refractivity contribution in [3.05, 3.63) is 29.8 Å². The minimum atomic E-state index is 0.0797. The normalized spacial score (nSPS) is 25.8. The van der Waals surface area contributed by atoms with Gasteiger partial charge in [0.2, 0.25) is 0 Å². The molecule has 3 atom stereocenters. The predicted molar refractivity (Wildman–Crippen MR) is 66.6 cm³/mol. The molecule has 0 amide bonds. The Morgan fingerprint density at radius 2 is 2.24 bits per heavy atom. The molecule has 1 aromatic carbocycles. The maximum absolute atomic E-state index is 5.69. The third kappa shape index (κ3) is 2.60. The van der Waals surface area contributed by atoms with Gasteiger partial charge in [-0.1, -0.05) is 18.2 Å². The molecular formula is C13H20N2O2. The van der Waals surface area contributed by atoms with E-state index in [0.29, 0.717) is 12.0 Å². The van der Waals surface area contributed by atoms with Gasteiger partial charge in [0, 0.05) is 11.5 Å². The summed E-state index contributed by atoms with van der Waals surface area (Å²) in [6, 6.07) is 8.05. The molecule has 4 nitrogen and oxygen atoms in total. The highest BCUT2D eigenvalue weighted by Gasteiger charge is 2.31. The first-order valence-electron chi connectivity index (χ1n) is 5.97. The lowest BCUT2D eigenvalue weighted by atomic mass is 9.91. The summed E-state index contributed by atoms with van der Waals surface area (Å²) in [5.74, 6) is 6.96. The summed E-state index contributed by atoms with van der Waals surface area (Å²) < 4.78 is 11.0. The summed E-state index contributed by atoms with van der Waals surface area (Å²) >= 11 is 0. The molecule has 0 spiro atoms. The Hall–Kier alpha value is -1.10. The van der Waals surface area contributed by atoms with E-state index in [1.165, 1.54) is 0 Å². The molecule has 2 rings (SSSR count). The fourth-order valence-corrected chi connectivity index (χ4v) is 2.49. The van der Waals surface area contributed by atoms with Crippen molar-refractivity contribution in [2.45, 2.75) is 25.5 Å². The minimum Gasteiger partial charge on any atom is -0.496 e. The monoisotopic (exact) mass is 236 g/mol. The minimum absolute atomic E-state index is 0.0797. The lowest BCUT2D eigenvalue weighted by Gasteiger charge is -2.23. The fourth-order valence-electron chi connectivity index (χ4n) is 2.49. The zero-order valence-corrected chi connectivity index (χ0v) is 10.3. The van der Waals surface area contributed by atoms with Gasteiger partial charge in [-0.2, -0.15) is 0 Å². The summed E-state index contributed by atoms with van der Waals surface area (Å²) in [6.45, 7) is 2.84. The second-order valence-corrected chi connectivity index (χ2v) is 4.53. The van der Waals surface area contributed by atoms with Crippen molar-refractivity contribution in [3.8, 4) is 5.75 Å². The summed E-state index contributed by atoms with van der Waals surface area (Å²) in [7, 11) is 1.68. The molecule has 1 aliphatic rings. The highest BCUT2D eigenvalue weighted by atomic mass is 16.5. The third-order valence-electron chi connectivity index (χ3n) is 3.35. The third-order valence-corrected chi connectivity index (χ3v) is 3.35. The molecule has 1 saturated heterocycles. The van der Waals surface area contributed by atoms with Crippen molar-refractivity contribution < 1.29 is 9.47 Å². The Morgan fingerprint density at radius 3 is 2.82 bits per heavy atom. The van der Waals surface area contributed by atoms with Crippen molar-refractivity contribution in [2.24, 2.45) is 11.8 Å². The van der Waals surface area contributed by atoms with Crippen molar-refractivity contribution in [1.82, 2.24) is 5.43 Å². The predicted octanol–water partition coefficient (Wildman–Crippen LogP) is 1.62. The van der Waals surface area contributed by atoms with E-state index < -0.39 is 0 Å². The van der Waals surface area contributed by atoms with Crippen molar-refractivity contribution >= 4 is 0 Å². The van der Waals surface area contributed by atoms with Crippen molar-refractivity contribution in [3.63, 3.8) is 0 Å². The zero-order chi connectivity index (χ0) is 12.3. The number of ether oxygens (including phenoxy) is 2. The van der Waals surface area contributed by atoms with E-state index in [1.54, 1.807) is 7.11 Å². The van der Waals surface area contributed by atoms with E-state index in [4.69, 9.17) is 15.3 Å². The molecule has 1 aliphatic heterocycles. The van der Waals surface area contributed by atoms with E-state index in [0.717, 1.165) is 24.3 Å². The number of hydrogen-bond acceptors (Lipinski definition) is 4. The van der Waals surface area contributed by atoms with Crippen LogP contribution in [-0.4, -0.2) is 19.8 Å². The van der Waals surface area contributed by atoms with Crippen LogP contribution in [0.2, 0.25) is 0 Å². The van der Waals surface area contributed by atoms with Crippen LogP contribution in [0.25, 0.3) is 0 Å². The summed E-state index contributed by atoms with van der Waals surface area (Å²) in [6.07, 6.45) is 1.33. The Bertz CT molecular complexity index is 370. The number of para-hydroxylation sites is 1. The molecule has 4 heteroatoms. The van der Waals surface area contributed by atoms with Gasteiger partial charge in [0.05, 0.1) is 25.9 Å². The molecule has 0 radical (unpaired) electrons. The molecule has 1 aromatic rings. The number of nitrogens with one attached hydrogen (secondary N) is 1. The Kier molecular flexibility index (Phi) is 3.99. The van der Waals surface area contributed by atoms with Gasteiger partial charge in [-0.05, 0) is 19.4 Å². The van der Waals surface area contributed by atoms with E-state index >= 15 is 0 Å². The van der Waals surface area contributed by atoms with Gasteiger partial charge >= 0.3 is 0 Å². The lowest BCUT2D eigenvalue weighted by molar-refractivity contribution is 0.116. The average Bonchev–Trinajstić information content (AvgIpc) is 2.77. The largest absolute Gasteiger partial charge is 0.496 e. The van der Waals surface area contributed by atoms with Crippen LogP contribution in [0, 0.1) is 5.92 Å². The molecule has 0 bridgehead atoms. The molecule has 17 heavy (non-hydrogen) atoms. The number of benzene rings is 1. The standard InChI is InChI=1S/C13H20N2O2/c1-9-7-10(8-17-9)13(15-14)11-5-3-4-6-12(11)16-2/h3-6,9-10,13,15H,7-8,14H2,1-2H3. The second kappa shape index (κ2) is 5.49. The molecule has 1 heterocycles. The SMILES string of the molecule is COc1ccccc1C(NN)C1COC(C)C1. The van der Waals surface area contributed by atoms with Gasteiger partial charge in [-0.3, -0.25) is 11.3 Å². The number of methoxy groups -OCH3 is 1. The summed E-state index contributed by atoms with van der Waals surface area (Å²) in [5.41, 5.74) is 3.99. The highest BCUT2D eigenvalue weighted by molar-refractivity contribution is 5.36. The van der Waals surface area contributed by atoms with E-state index in [2.05, 4.69) is 12.3 Å². The molecular weight excluding hydrogens is 216 g/mol. The van der Waals surface area contributed by atoms with Crippen LogP contribution in [-0.2, 0) is 4.74 Å². The molecule has 0 aromatic heterocycles. The Balaban J connectivity index is 2.22. The van der Waals surface area contributed by atoms with Gasteiger partial charge in [0.1, 0.15) is 5.75 Å². The summed E-state index contributed by atoms with van der Waals surface area (Å²) in [4.78, 5) is 0. The van der Waals surface area contributed by atoms with Crippen LogP contribution in [0.5, 0.6) is 5.75 Å². The smallest absolute Gasteiger partial charge is 0.123 e. The summed E-state index contributed by atoms with van der Waals surface area (Å²) in [5, 5.41) is 0. The van der Waals surface area contributed by atoms with Gasteiger partial charge < -0.3 is 9.47 Å². The van der Waals surface area contributed by atoms with E-state index in [1.807, 2.05) is 24.3 Å². The molecule has 3 N–H and O–H groups in total. The van der Waals surface area contributed by atoms with Crippen LogP contribution in [0.15, 0.2) is 24.3 Å². The first-order chi connectivity index (χ1) is 8.26. The van der Waals surface area contributed by atoms with Crippen LogP contribution >= 0.6 is 0 Å². The maximum Gasteiger partial charge on any atom is 0.123 e. The molecule has 3 unspecified atom stereocenters. The molecule has 1 fully saturated rings. The number of nitrogens with two attached hydrogens (primary N) is 1. The Labute approximate surface area is 102 Å². The van der Waals surface area contributed by atoms with E-state index in [9.17, 15) is 0 Å². The first kappa shape index (κ1) is 12.4. The highest BCUT2D eigenvalue weighted by Crippen LogP contribution is 2.35. The topological polar surface area (TPSA) is 56.5 Å². The van der Waals surface area contributed by atoms with Gasteiger partial charge in [-0.15, -0.1) is 0 Å². The van der Waals surface area contributed by atoms with Crippen LogP contribution in [0.3, 0.4) is 0 Å². The van der Waals surface area contributed by atoms with Crippen LogP contribution in [0.1, 0.15) is 24.9 Å².